The Morgan fingerprint density at radius 1 is 0.846 bits per heavy atom. The highest BCUT2D eigenvalue weighted by molar-refractivity contribution is 7.85. The summed E-state index contributed by atoms with van der Waals surface area (Å²) in [5, 5.41) is 0. The summed E-state index contributed by atoms with van der Waals surface area (Å²) < 4.78 is 80.5. The third-order valence-corrected chi connectivity index (χ3v) is 7.79. The summed E-state index contributed by atoms with van der Waals surface area (Å²) in [5.41, 5.74) is 4.61. The molecule has 1 heterocycles. The topological polar surface area (TPSA) is 110 Å². The first-order chi connectivity index (χ1) is 18.5. The number of anilines is 1. The number of hydrogen-bond donors (Lipinski definition) is 0. The lowest BCUT2D eigenvalue weighted by Crippen LogP contribution is -2.49. The van der Waals surface area contributed by atoms with Crippen LogP contribution in [0, 0.1) is 0 Å². The number of carbonyl (C=O) groups is 1. The number of amides is 1. The third kappa shape index (κ3) is 6.31. The molecular formula is C26H24F2N2O7S2. The Labute approximate surface area is 225 Å². The Kier molecular flexibility index (Phi) is 7.21. The van der Waals surface area contributed by atoms with Crippen molar-refractivity contribution in [3.8, 4) is 16.9 Å². The molecule has 5 rings (SSSR count). The molecule has 1 fully saturated rings. The molecule has 206 valence electrons. The van der Waals surface area contributed by atoms with E-state index in [9.17, 15) is 29.4 Å². The predicted octanol–water partition coefficient (Wildman–Crippen LogP) is 4.15. The Balaban J connectivity index is 1.24. The van der Waals surface area contributed by atoms with Crippen LogP contribution in [0.2, 0.25) is 0 Å². The van der Waals surface area contributed by atoms with Crippen molar-refractivity contribution in [1.29, 1.82) is 0 Å². The lowest BCUT2D eigenvalue weighted by molar-refractivity contribution is 0.0976. The van der Waals surface area contributed by atoms with Gasteiger partial charge in [-0.1, -0.05) is 52.4 Å². The van der Waals surface area contributed by atoms with Gasteiger partial charge in [0, 0.05) is 43.9 Å². The average Bonchev–Trinajstić information content (AvgIpc) is 3.19. The third-order valence-electron chi connectivity index (χ3n) is 6.72. The first-order valence-corrected chi connectivity index (χ1v) is 14.9. The molecule has 1 saturated heterocycles. The maximum Gasteiger partial charge on any atom is 0.488 e. The smallest absolute Gasteiger partial charge is 0.448 e. The number of nitrogens with zero attached hydrogens (tertiary/aromatic N) is 2. The molecule has 1 aliphatic heterocycles. The van der Waals surface area contributed by atoms with E-state index in [1.807, 2.05) is 48.5 Å². The molecule has 0 N–H and O–H groups in total. The zero-order valence-electron chi connectivity index (χ0n) is 20.5. The van der Waals surface area contributed by atoms with Crippen LogP contribution in [-0.2, 0) is 31.2 Å². The quantitative estimate of drug-likeness (QED) is 0.385. The molecular weight excluding hydrogens is 554 g/mol. The molecule has 0 radical (unpaired) electrons. The van der Waals surface area contributed by atoms with Gasteiger partial charge in [-0.05, 0) is 39.9 Å². The Bertz CT molecular complexity index is 1520. The van der Waals surface area contributed by atoms with Gasteiger partial charge in [-0.2, -0.15) is 16.8 Å². The van der Waals surface area contributed by atoms with Crippen LogP contribution < -0.4 is 9.08 Å². The molecule has 0 bridgehead atoms. The SMILES string of the molecule is O=C(OCC1c2ccccc2-c2ccccc21)N1CCN(c2cc(CS(=O)(=O)F)cc(OS(=O)(=O)F)c2)CC1. The molecule has 0 atom stereocenters. The van der Waals surface area contributed by atoms with Crippen LogP contribution >= 0.6 is 0 Å². The predicted molar refractivity (Wildman–Crippen MR) is 140 cm³/mol. The zero-order chi connectivity index (χ0) is 27.8. The molecule has 13 heteroatoms. The monoisotopic (exact) mass is 578 g/mol. The van der Waals surface area contributed by atoms with Gasteiger partial charge in [0.25, 0.3) is 0 Å². The van der Waals surface area contributed by atoms with Gasteiger partial charge in [0.15, 0.2) is 0 Å². The number of hydrogen-bond acceptors (Lipinski definition) is 8. The van der Waals surface area contributed by atoms with E-state index in [0.29, 0.717) is 5.69 Å². The minimum Gasteiger partial charge on any atom is -0.448 e. The van der Waals surface area contributed by atoms with E-state index in [1.54, 1.807) is 4.90 Å². The highest BCUT2D eigenvalue weighted by Gasteiger charge is 2.30. The van der Waals surface area contributed by atoms with Crippen molar-refractivity contribution >= 4 is 32.5 Å². The first kappa shape index (κ1) is 26.9. The number of fused-ring (bicyclic) bond motifs is 3. The molecule has 0 unspecified atom stereocenters. The zero-order valence-corrected chi connectivity index (χ0v) is 22.1. The van der Waals surface area contributed by atoms with Crippen LogP contribution in [0.25, 0.3) is 11.1 Å². The van der Waals surface area contributed by atoms with E-state index in [4.69, 9.17) is 4.74 Å². The van der Waals surface area contributed by atoms with Crippen LogP contribution in [0.15, 0.2) is 66.7 Å². The summed E-state index contributed by atoms with van der Waals surface area (Å²) in [7, 11) is -10.3. The van der Waals surface area contributed by atoms with Gasteiger partial charge in [-0.3, -0.25) is 0 Å². The number of benzene rings is 3. The van der Waals surface area contributed by atoms with Gasteiger partial charge in [0.1, 0.15) is 18.1 Å². The molecule has 39 heavy (non-hydrogen) atoms. The van der Waals surface area contributed by atoms with E-state index >= 15 is 0 Å². The lowest BCUT2D eigenvalue weighted by Gasteiger charge is -2.36. The van der Waals surface area contributed by atoms with E-state index in [1.165, 1.54) is 17.0 Å². The lowest BCUT2D eigenvalue weighted by atomic mass is 9.98. The Morgan fingerprint density at radius 3 is 2.00 bits per heavy atom. The summed E-state index contributed by atoms with van der Waals surface area (Å²) in [6.07, 6.45) is -0.485. The van der Waals surface area contributed by atoms with Crippen LogP contribution in [0.4, 0.5) is 18.3 Å². The molecule has 1 amide bonds. The minimum absolute atomic E-state index is 0.0811. The van der Waals surface area contributed by atoms with Crippen LogP contribution in [0.5, 0.6) is 5.75 Å². The van der Waals surface area contributed by atoms with E-state index in [2.05, 4.69) is 4.18 Å². The summed E-state index contributed by atoms with van der Waals surface area (Å²) in [4.78, 5) is 16.1. The van der Waals surface area contributed by atoms with Crippen molar-refractivity contribution < 1.29 is 38.3 Å². The van der Waals surface area contributed by atoms with Crippen molar-refractivity contribution in [2.45, 2.75) is 11.7 Å². The fourth-order valence-corrected chi connectivity index (χ4v) is 5.99. The molecule has 0 spiro atoms. The molecule has 9 nitrogen and oxygen atoms in total. The first-order valence-electron chi connectivity index (χ1n) is 12.0. The van der Waals surface area contributed by atoms with Crippen LogP contribution in [0.1, 0.15) is 22.6 Å². The highest BCUT2D eigenvalue weighted by atomic mass is 32.3. The van der Waals surface area contributed by atoms with E-state index < -0.39 is 38.3 Å². The van der Waals surface area contributed by atoms with Gasteiger partial charge in [-0.15, -0.1) is 3.89 Å². The maximum absolute atomic E-state index is 13.3. The highest BCUT2D eigenvalue weighted by Crippen LogP contribution is 2.44. The van der Waals surface area contributed by atoms with Crippen molar-refractivity contribution in [2.75, 3.05) is 37.7 Å². The van der Waals surface area contributed by atoms with Crippen LogP contribution in [-0.4, -0.2) is 60.6 Å². The van der Waals surface area contributed by atoms with Gasteiger partial charge >= 0.3 is 26.8 Å². The maximum atomic E-state index is 13.3. The fraction of sp³-hybridized carbons (Fsp3) is 0.269. The second-order valence-electron chi connectivity index (χ2n) is 9.27. The van der Waals surface area contributed by atoms with Gasteiger partial charge in [-0.25, -0.2) is 4.79 Å². The van der Waals surface area contributed by atoms with Gasteiger partial charge in [0.05, 0.1) is 0 Å². The van der Waals surface area contributed by atoms with E-state index in [0.717, 1.165) is 28.3 Å². The molecule has 3 aromatic carbocycles. The largest absolute Gasteiger partial charge is 0.488 e. The van der Waals surface area contributed by atoms with Crippen molar-refractivity contribution in [2.24, 2.45) is 0 Å². The van der Waals surface area contributed by atoms with Crippen molar-refractivity contribution in [3.63, 3.8) is 0 Å². The summed E-state index contributed by atoms with van der Waals surface area (Å²) in [5.74, 6) is -1.61. The fourth-order valence-electron chi connectivity index (χ4n) is 5.10. The normalized spacial score (nSPS) is 15.5. The molecule has 1 aliphatic carbocycles. The van der Waals surface area contributed by atoms with Crippen LogP contribution in [0.3, 0.4) is 0 Å². The number of ether oxygens (including phenoxy) is 1. The van der Waals surface area contributed by atoms with Gasteiger partial charge < -0.3 is 18.7 Å². The molecule has 0 saturated carbocycles. The van der Waals surface area contributed by atoms with Crippen molar-refractivity contribution in [3.05, 3.63) is 83.4 Å². The average molecular weight is 579 g/mol. The second-order valence-corrected chi connectivity index (χ2v) is 11.6. The second kappa shape index (κ2) is 10.5. The number of rotatable bonds is 7. The summed E-state index contributed by atoms with van der Waals surface area (Å²) >= 11 is 0. The number of piperazine rings is 1. The molecule has 0 aromatic heterocycles. The minimum atomic E-state index is -5.39. The molecule has 3 aromatic rings. The summed E-state index contributed by atoms with van der Waals surface area (Å²) in [6.45, 7) is 1.22. The Hall–Kier alpha value is -3.71. The van der Waals surface area contributed by atoms with E-state index in [-0.39, 0.29) is 44.3 Å². The number of halogens is 2. The summed E-state index contributed by atoms with van der Waals surface area (Å²) in [6, 6.07) is 19.5. The van der Waals surface area contributed by atoms with Crippen molar-refractivity contribution in [1.82, 2.24) is 4.90 Å². The van der Waals surface area contributed by atoms with Gasteiger partial charge in [0.2, 0.25) is 0 Å². The number of carbonyl (C=O) groups excluding carboxylic acids is 1. The standard InChI is InChI=1S/C26H24F2N2O7S2/c27-38(32,33)17-18-13-19(15-20(14-18)37-39(28,34)35)29-9-11-30(12-10-29)26(31)36-16-25-23-7-3-1-5-21(23)22-6-2-4-8-24(22)25/h1-8,13-15,25H,9-12,16-17H2. The molecule has 2 aliphatic rings. The Morgan fingerprint density at radius 2 is 1.44 bits per heavy atom.